The molecule has 1 fully saturated rings. The van der Waals surface area contributed by atoms with Crippen LogP contribution in [0.1, 0.15) is 106 Å². The minimum Gasteiger partial charge on any atom is -0.293 e. The van der Waals surface area contributed by atoms with Gasteiger partial charge in [0.1, 0.15) is 0 Å². The molecule has 0 heterocycles. The Morgan fingerprint density at radius 1 is 1.17 bits per heavy atom. The van der Waals surface area contributed by atoms with Crippen molar-refractivity contribution < 1.29 is 0 Å². The van der Waals surface area contributed by atoms with E-state index in [1.54, 1.807) is 16.7 Å². The van der Waals surface area contributed by atoms with Crippen LogP contribution < -0.4 is 0 Å². The van der Waals surface area contributed by atoms with E-state index >= 15 is 0 Å². The maximum absolute atomic E-state index is 4.76. The van der Waals surface area contributed by atoms with Crippen molar-refractivity contribution in [2.24, 2.45) is 29.1 Å². The molecule has 6 unspecified atom stereocenters. The number of hydrogen-bond donors (Lipinski definition) is 0. The van der Waals surface area contributed by atoms with Gasteiger partial charge in [0.25, 0.3) is 0 Å². The summed E-state index contributed by atoms with van der Waals surface area (Å²) >= 11 is 0. The summed E-state index contributed by atoms with van der Waals surface area (Å²) in [5, 5.41) is 0. The largest absolute Gasteiger partial charge is 0.293 e. The molecule has 0 radical (unpaired) electrons. The molecule has 0 aromatic carbocycles. The van der Waals surface area contributed by atoms with Gasteiger partial charge < -0.3 is 0 Å². The number of hydrogen-bond acceptors (Lipinski definition) is 1. The lowest BCUT2D eigenvalue weighted by Gasteiger charge is -2.57. The second-order valence-corrected chi connectivity index (χ2v) is 12.4. The molecular formula is C34H55N. The summed E-state index contributed by atoms with van der Waals surface area (Å²) in [4.78, 5) is 2.81. The van der Waals surface area contributed by atoms with Crippen LogP contribution >= 0.6 is 0 Å². The van der Waals surface area contributed by atoms with Gasteiger partial charge in [-0.2, -0.15) is 0 Å². The van der Waals surface area contributed by atoms with Crippen LogP contribution in [0.4, 0.5) is 0 Å². The van der Waals surface area contributed by atoms with Gasteiger partial charge in [0.15, 0.2) is 0 Å². The van der Waals surface area contributed by atoms with Crippen molar-refractivity contribution in [1.29, 1.82) is 0 Å². The molecule has 35 heavy (non-hydrogen) atoms. The first-order chi connectivity index (χ1) is 16.7. The zero-order chi connectivity index (χ0) is 25.8. The SMILES string of the molecule is C=C1CC(CC)C(C(C)N(C)C2(C)C(CC3=CC=CC3)=CC2/C=C/CCC)C1(CCCC)C(C)C. The van der Waals surface area contributed by atoms with Crippen molar-refractivity contribution in [1.82, 2.24) is 4.90 Å². The van der Waals surface area contributed by atoms with Gasteiger partial charge in [0.05, 0.1) is 0 Å². The molecule has 196 valence electrons. The number of nitrogens with zero attached hydrogens (tertiary/aromatic N) is 1. The van der Waals surface area contributed by atoms with Crippen LogP contribution in [0.3, 0.4) is 0 Å². The summed E-state index contributed by atoms with van der Waals surface area (Å²) in [5.74, 6) is 2.55. The zero-order valence-corrected chi connectivity index (χ0v) is 24.4. The molecule has 3 rings (SSSR count). The van der Waals surface area contributed by atoms with E-state index in [1.165, 1.54) is 44.9 Å². The van der Waals surface area contributed by atoms with Crippen molar-refractivity contribution in [2.75, 3.05) is 7.05 Å². The van der Waals surface area contributed by atoms with Crippen LogP contribution in [0.2, 0.25) is 0 Å². The van der Waals surface area contributed by atoms with Crippen molar-refractivity contribution in [2.45, 2.75) is 118 Å². The van der Waals surface area contributed by atoms with E-state index in [2.05, 4.69) is 96.9 Å². The normalized spacial score (nSPS) is 33.7. The Kier molecular flexibility index (Phi) is 9.52. The van der Waals surface area contributed by atoms with Gasteiger partial charge in [0.2, 0.25) is 0 Å². The number of rotatable bonds is 13. The molecular weight excluding hydrogens is 422 g/mol. The van der Waals surface area contributed by atoms with Gasteiger partial charge >= 0.3 is 0 Å². The topological polar surface area (TPSA) is 3.24 Å². The highest BCUT2D eigenvalue weighted by molar-refractivity contribution is 5.43. The van der Waals surface area contributed by atoms with Crippen molar-refractivity contribution in [3.05, 3.63) is 59.8 Å². The van der Waals surface area contributed by atoms with E-state index < -0.39 is 0 Å². The molecule has 1 heteroatoms. The minimum atomic E-state index is 0.0861. The van der Waals surface area contributed by atoms with E-state index in [1.807, 2.05) is 0 Å². The Balaban J connectivity index is 1.96. The molecule has 3 aliphatic rings. The lowest BCUT2D eigenvalue weighted by Crippen LogP contribution is -2.61. The second-order valence-electron chi connectivity index (χ2n) is 12.4. The van der Waals surface area contributed by atoms with Crippen LogP contribution in [0.15, 0.2) is 59.8 Å². The highest BCUT2D eigenvalue weighted by atomic mass is 15.2. The van der Waals surface area contributed by atoms with Gasteiger partial charge in [-0.3, -0.25) is 4.90 Å². The first-order valence-electron chi connectivity index (χ1n) is 14.8. The molecule has 1 saturated carbocycles. The second kappa shape index (κ2) is 11.8. The summed E-state index contributed by atoms with van der Waals surface area (Å²) < 4.78 is 0. The standard InChI is InChI=1S/C34H55N/c1-10-13-15-20-30-24-31(23-28-18-16-17-19-28)33(30,8)35(9)27(7)32-29(12-3)22-26(6)34(32,25(4)5)21-14-11-2/h15-18,20,24-25,27,29-30,32H,6,10-14,19,21-23H2,1-5,7-9H3/b20-15+. The number of likely N-dealkylation sites (N-methyl/N-ethyl adjacent to an activating group) is 1. The molecule has 6 atom stereocenters. The Labute approximate surface area is 218 Å². The Morgan fingerprint density at radius 2 is 1.91 bits per heavy atom. The van der Waals surface area contributed by atoms with Crippen LogP contribution in [-0.2, 0) is 0 Å². The summed E-state index contributed by atoms with van der Waals surface area (Å²) in [6.45, 7) is 21.8. The fourth-order valence-corrected chi connectivity index (χ4v) is 7.96. The Hall–Kier alpha value is -1.34. The number of unbranched alkanes of at least 4 members (excludes halogenated alkanes) is 2. The third-order valence-electron chi connectivity index (χ3n) is 10.4. The van der Waals surface area contributed by atoms with Gasteiger partial charge in [-0.05, 0) is 81.7 Å². The van der Waals surface area contributed by atoms with Crippen LogP contribution in [0, 0.1) is 29.1 Å². The summed E-state index contributed by atoms with van der Waals surface area (Å²) in [6.07, 6.45) is 25.4. The van der Waals surface area contributed by atoms with Crippen LogP contribution in [-0.4, -0.2) is 23.5 Å². The molecule has 0 aromatic rings. The van der Waals surface area contributed by atoms with Crippen LogP contribution in [0.5, 0.6) is 0 Å². The lowest BCUT2D eigenvalue weighted by molar-refractivity contribution is -0.0112. The highest BCUT2D eigenvalue weighted by Gasteiger charge is 2.57. The summed E-state index contributed by atoms with van der Waals surface area (Å²) in [6, 6.07) is 0.518. The average Bonchev–Trinajstić information content (AvgIpc) is 3.46. The third kappa shape index (κ3) is 5.09. The molecule has 0 aromatic heterocycles. The molecule has 0 aliphatic heterocycles. The quantitative estimate of drug-likeness (QED) is 0.239. The maximum atomic E-state index is 4.76. The predicted molar refractivity (Wildman–Crippen MR) is 156 cm³/mol. The molecule has 0 bridgehead atoms. The van der Waals surface area contributed by atoms with Gasteiger partial charge in [-0.1, -0.05) is 114 Å². The molecule has 0 spiro atoms. The molecule has 0 saturated heterocycles. The van der Waals surface area contributed by atoms with Gasteiger partial charge in [0, 0.05) is 17.5 Å². The number of allylic oxidation sites excluding steroid dienone is 6. The fraction of sp³-hybridized carbons (Fsp3) is 0.706. The molecule has 0 amide bonds. The molecule has 3 aliphatic carbocycles. The maximum Gasteiger partial charge on any atom is 0.0492 e. The van der Waals surface area contributed by atoms with Crippen molar-refractivity contribution in [3.63, 3.8) is 0 Å². The predicted octanol–water partition coefficient (Wildman–Crippen LogP) is 9.69. The van der Waals surface area contributed by atoms with Gasteiger partial charge in [-0.25, -0.2) is 0 Å². The minimum absolute atomic E-state index is 0.0861. The fourth-order valence-electron chi connectivity index (χ4n) is 7.96. The van der Waals surface area contributed by atoms with Crippen molar-refractivity contribution in [3.8, 4) is 0 Å². The molecule has 0 N–H and O–H groups in total. The van der Waals surface area contributed by atoms with Crippen LogP contribution in [0.25, 0.3) is 0 Å². The van der Waals surface area contributed by atoms with E-state index in [4.69, 9.17) is 6.58 Å². The highest BCUT2D eigenvalue weighted by Crippen LogP contribution is 2.61. The van der Waals surface area contributed by atoms with Crippen molar-refractivity contribution >= 4 is 0 Å². The summed E-state index contributed by atoms with van der Waals surface area (Å²) in [7, 11) is 2.44. The van der Waals surface area contributed by atoms with E-state index in [-0.39, 0.29) is 11.0 Å². The Bertz CT molecular complexity index is 854. The monoisotopic (exact) mass is 477 g/mol. The van der Waals surface area contributed by atoms with E-state index in [0.29, 0.717) is 23.8 Å². The Morgan fingerprint density at radius 3 is 2.49 bits per heavy atom. The lowest BCUT2D eigenvalue weighted by atomic mass is 9.59. The third-order valence-corrected chi connectivity index (χ3v) is 10.4. The smallest absolute Gasteiger partial charge is 0.0492 e. The van der Waals surface area contributed by atoms with E-state index in [9.17, 15) is 0 Å². The first-order valence-corrected chi connectivity index (χ1v) is 14.8. The zero-order valence-electron chi connectivity index (χ0n) is 24.4. The molecule has 1 nitrogen and oxygen atoms in total. The van der Waals surface area contributed by atoms with E-state index in [0.717, 1.165) is 18.8 Å². The average molecular weight is 478 g/mol. The first kappa shape index (κ1) is 28.2. The van der Waals surface area contributed by atoms with Gasteiger partial charge in [-0.15, -0.1) is 0 Å². The summed E-state index contributed by atoms with van der Waals surface area (Å²) in [5.41, 5.74) is 5.10.